The molecule has 0 aromatic heterocycles. The highest BCUT2D eigenvalue weighted by Gasteiger charge is 2.18. The zero-order chi connectivity index (χ0) is 17.7. The van der Waals surface area contributed by atoms with Crippen LogP contribution in [0.3, 0.4) is 0 Å². The normalized spacial score (nSPS) is 10.3. The van der Waals surface area contributed by atoms with Gasteiger partial charge in [-0.1, -0.05) is 30.3 Å². The van der Waals surface area contributed by atoms with E-state index in [2.05, 4.69) is 5.32 Å². The summed E-state index contributed by atoms with van der Waals surface area (Å²) >= 11 is 0. The summed E-state index contributed by atoms with van der Waals surface area (Å²) < 4.78 is 39.6. The van der Waals surface area contributed by atoms with E-state index < -0.39 is 29.0 Å². The van der Waals surface area contributed by atoms with Crippen LogP contribution in [0.4, 0.5) is 18.9 Å². The molecule has 1 N–H and O–H groups in total. The van der Waals surface area contributed by atoms with E-state index in [0.29, 0.717) is 6.07 Å². The molecule has 0 saturated carbocycles. The van der Waals surface area contributed by atoms with Gasteiger partial charge in [-0.2, -0.15) is 0 Å². The number of nitrogens with one attached hydrogen (secondary N) is 1. The molecule has 0 aliphatic rings. The zero-order valence-electron chi connectivity index (χ0n) is 12.9. The molecule has 24 heavy (non-hydrogen) atoms. The first-order chi connectivity index (χ1) is 11.4. The van der Waals surface area contributed by atoms with Crippen molar-refractivity contribution in [3.8, 4) is 0 Å². The van der Waals surface area contributed by atoms with Gasteiger partial charge in [-0.05, 0) is 17.7 Å². The molecule has 126 valence electrons. The third kappa shape index (κ3) is 4.34. The number of benzene rings is 2. The van der Waals surface area contributed by atoms with Gasteiger partial charge in [0.2, 0.25) is 11.8 Å². The first-order valence-electron chi connectivity index (χ1n) is 7.11. The van der Waals surface area contributed by atoms with E-state index in [9.17, 15) is 22.8 Å². The molecule has 0 radical (unpaired) electrons. The predicted octanol–water partition coefficient (Wildman–Crippen LogP) is 3.09. The van der Waals surface area contributed by atoms with Gasteiger partial charge in [0.1, 0.15) is 6.54 Å². The molecule has 2 aromatic rings. The zero-order valence-corrected chi connectivity index (χ0v) is 12.9. The van der Waals surface area contributed by atoms with Crippen molar-refractivity contribution < 1.29 is 22.8 Å². The highest BCUT2D eigenvalue weighted by molar-refractivity contribution is 5.94. The number of carbonyl (C=O) groups excluding carboxylic acids is 2. The fourth-order valence-electron chi connectivity index (χ4n) is 2.07. The molecule has 7 heteroatoms. The molecule has 4 nitrogen and oxygen atoms in total. The minimum atomic E-state index is -1.67. The maximum absolute atomic E-state index is 13.6. The molecule has 0 heterocycles. The summed E-state index contributed by atoms with van der Waals surface area (Å²) in [6, 6.07) is 10.6. The number of halogens is 3. The van der Waals surface area contributed by atoms with Crippen molar-refractivity contribution in [2.75, 3.05) is 11.9 Å². The summed E-state index contributed by atoms with van der Waals surface area (Å²) in [7, 11) is 0. The van der Waals surface area contributed by atoms with E-state index in [1.54, 1.807) is 24.3 Å². The van der Waals surface area contributed by atoms with Crippen molar-refractivity contribution >= 4 is 17.5 Å². The predicted molar refractivity (Wildman–Crippen MR) is 82.5 cm³/mol. The molecule has 0 bridgehead atoms. The number of amides is 2. The van der Waals surface area contributed by atoms with Gasteiger partial charge < -0.3 is 10.2 Å². The molecule has 2 amide bonds. The Labute approximate surface area is 136 Å². The number of anilines is 1. The monoisotopic (exact) mass is 336 g/mol. The maximum Gasteiger partial charge on any atom is 0.244 e. The standard InChI is InChI=1S/C17H15F3N2O2/c1-11(23)22(9-12-5-3-2-4-6-12)10-15(24)21-14-8-7-13(18)16(19)17(14)20/h2-8H,9-10H2,1H3,(H,21,24). The van der Waals surface area contributed by atoms with Crippen molar-refractivity contribution in [2.24, 2.45) is 0 Å². The lowest BCUT2D eigenvalue weighted by Gasteiger charge is -2.20. The van der Waals surface area contributed by atoms with Crippen molar-refractivity contribution in [3.05, 3.63) is 65.5 Å². The van der Waals surface area contributed by atoms with Gasteiger partial charge in [0.15, 0.2) is 17.5 Å². The molecular weight excluding hydrogens is 321 g/mol. The summed E-state index contributed by atoms with van der Waals surface area (Å²) in [5.41, 5.74) is 0.335. The van der Waals surface area contributed by atoms with Gasteiger partial charge in [0.25, 0.3) is 0 Å². The summed E-state index contributed by atoms with van der Waals surface area (Å²) in [4.78, 5) is 24.9. The highest BCUT2D eigenvalue weighted by atomic mass is 19.2. The Kier molecular flexibility index (Phi) is 5.57. The second kappa shape index (κ2) is 7.63. The van der Waals surface area contributed by atoms with Crippen LogP contribution in [-0.2, 0) is 16.1 Å². The quantitative estimate of drug-likeness (QED) is 0.853. The molecule has 0 unspecified atom stereocenters. The summed E-state index contributed by atoms with van der Waals surface area (Å²) in [5, 5.41) is 2.13. The molecule has 0 saturated heterocycles. The Hall–Kier alpha value is -2.83. The first-order valence-corrected chi connectivity index (χ1v) is 7.11. The van der Waals surface area contributed by atoms with Crippen LogP contribution >= 0.6 is 0 Å². The minimum absolute atomic E-state index is 0.198. The molecule has 0 spiro atoms. The second-order valence-electron chi connectivity index (χ2n) is 5.13. The Morgan fingerprint density at radius 2 is 1.67 bits per heavy atom. The summed E-state index contributed by atoms with van der Waals surface area (Å²) in [5.74, 6) is -5.56. The Bertz CT molecular complexity index is 751. The fourth-order valence-corrected chi connectivity index (χ4v) is 2.07. The van der Waals surface area contributed by atoms with E-state index >= 15 is 0 Å². The van der Waals surface area contributed by atoms with E-state index in [0.717, 1.165) is 11.6 Å². The SMILES string of the molecule is CC(=O)N(CC(=O)Nc1ccc(F)c(F)c1F)Cc1ccccc1. The number of hydrogen-bond acceptors (Lipinski definition) is 2. The number of rotatable bonds is 5. The van der Waals surface area contributed by atoms with Crippen LogP contribution in [0.5, 0.6) is 0 Å². The second-order valence-corrected chi connectivity index (χ2v) is 5.13. The van der Waals surface area contributed by atoms with E-state index in [1.807, 2.05) is 6.07 Å². The number of nitrogens with zero attached hydrogens (tertiary/aromatic N) is 1. The largest absolute Gasteiger partial charge is 0.329 e. The highest BCUT2D eigenvalue weighted by Crippen LogP contribution is 2.19. The van der Waals surface area contributed by atoms with Gasteiger partial charge in [-0.25, -0.2) is 13.2 Å². The van der Waals surface area contributed by atoms with Gasteiger partial charge in [0, 0.05) is 13.5 Å². The minimum Gasteiger partial charge on any atom is -0.329 e. The van der Waals surface area contributed by atoms with Gasteiger partial charge in [-0.3, -0.25) is 9.59 Å². The molecule has 2 rings (SSSR count). The Morgan fingerprint density at radius 1 is 1.00 bits per heavy atom. The van der Waals surface area contributed by atoms with Crippen LogP contribution in [0.2, 0.25) is 0 Å². The van der Waals surface area contributed by atoms with Crippen molar-refractivity contribution in [3.63, 3.8) is 0 Å². The lowest BCUT2D eigenvalue weighted by atomic mass is 10.2. The molecule has 2 aromatic carbocycles. The fraction of sp³-hybridized carbons (Fsp3) is 0.176. The first kappa shape index (κ1) is 17.5. The van der Waals surface area contributed by atoms with Crippen molar-refractivity contribution in [1.29, 1.82) is 0 Å². The van der Waals surface area contributed by atoms with Crippen LogP contribution in [0.15, 0.2) is 42.5 Å². The van der Waals surface area contributed by atoms with Crippen LogP contribution in [0.25, 0.3) is 0 Å². The summed E-state index contributed by atoms with van der Waals surface area (Å²) in [6.45, 7) is 1.15. The molecule has 0 atom stereocenters. The molecular formula is C17H15F3N2O2. The van der Waals surface area contributed by atoms with Crippen molar-refractivity contribution in [2.45, 2.75) is 13.5 Å². The van der Waals surface area contributed by atoms with E-state index in [4.69, 9.17) is 0 Å². The third-order valence-electron chi connectivity index (χ3n) is 3.31. The third-order valence-corrected chi connectivity index (χ3v) is 3.31. The smallest absolute Gasteiger partial charge is 0.244 e. The number of carbonyl (C=O) groups is 2. The molecule has 0 aliphatic heterocycles. The van der Waals surface area contributed by atoms with Crippen LogP contribution in [0, 0.1) is 17.5 Å². The lowest BCUT2D eigenvalue weighted by molar-refractivity contribution is -0.133. The van der Waals surface area contributed by atoms with Crippen LogP contribution in [-0.4, -0.2) is 23.3 Å². The average Bonchev–Trinajstić information content (AvgIpc) is 2.56. The number of hydrogen-bond donors (Lipinski definition) is 1. The van der Waals surface area contributed by atoms with Crippen LogP contribution in [0.1, 0.15) is 12.5 Å². The Morgan fingerprint density at radius 3 is 2.29 bits per heavy atom. The average molecular weight is 336 g/mol. The van der Waals surface area contributed by atoms with Gasteiger partial charge in [-0.15, -0.1) is 0 Å². The molecule has 0 fully saturated rings. The Balaban J connectivity index is 2.06. The van der Waals surface area contributed by atoms with Gasteiger partial charge in [0.05, 0.1) is 5.69 Å². The van der Waals surface area contributed by atoms with E-state index in [-0.39, 0.29) is 19.0 Å². The summed E-state index contributed by atoms with van der Waals surface area (Å²) in [6.07, 6.45) is 0. The lowest BCUT2D eigenvalue weighted by Crippen LogP contribution is -2.36. The maximum atomic E-state index is 13.6. The molecule has 0 aliphatic carbocycles. The van der Waals surface area contributed by atoms with Crippen molar-refractivity contribution in [1.82, 2.24) is 4.90 Å². The van der Waals surface area contributed by atoms with E-state index in [1.165, 1.54) is 11.8 Å². The van der Waals surface area contributed by atoms with Crippen LogP contribution < -0.4 is 5.32 Å². The topological polar surface area (TPSA) is 49.4 Å². The van der Waals surface area contributed by atoms with Gasteiger partial charge >= 0.3 is 0 Å².